The number of imidazole rings is 1. The van der Waals surface area contributed by atoms with Crippen molar-refractivity contribution >= 4 is 52.3 Å². The average Bonchev–Trinajstić information content (AvgIpc) is 3.36. The minimum atomic E-state index is -3.97. The third kappa shape index (κ3) is 5.54. The molecule has 0 saturated carbocycles. The molecule has 0 bridgehead atoms. The van der Waals surface area contributed by atoms with Gasteiger partial charge in [-0.05, 0) is 25.0 Å². The Morgan fingerprint density at radius 2 is 2.05 bits per heavy atom. The van der Waals surface area contributed by atoms with Gasteiger partial charge in [-0.15, -0.1) is 0 Å². The molecule has 5 atom stereocenters. The predicted molar refractivity (Wildman–Crippen MR) is 146 cm³/mol. The number of aliphatic hydroxyl groups is 1. The van der Waals surface area contributed by atoms with Gasteiger partial charge in [0.1, 0.15) is 23.3 Å². The fraction of sp³-hybridized carbons (Fsp3) is 0.522. The molecule has 0 aliphatic carbocycles. The van der Waals surface area contributed by atoms with Gasteiger partial charge in [-0.3, -0.25) is 18.1 Å². The van der Waals surface area contributed by atoms with Crippen LogP contribution in [0.15, 0.2) is 35.5 Å². The van der Waals surface area contributed by atoms with Gasteiger partial charge in [-0.25, -0.2) is 9.55 Å². The number of anilines is 2. The lowest BCUT2D eigenvalue weighted by atomic mass is 9.96. The molecule has 0 radical (unpaired) electrons. The molecule has 5 rings (SSSR count). The van der Waals surface area contributed by atoms with Crippen molar-refractivity contribution in [3.8, 4) is 0 Å². The molecule has 2 aliphatic rings. The summed E-state index contributed by atoms with van der Waals surface area (Å²) in [6.07, 6.45) is -0.753. The van der Waals surface area contributed by atoms with E-state index >= 15 is 0 Å². The number of phosphoric acid groups is 1. The van der Waals surface area contributed by atoms with Crippen LogP contribution in [0.25, 0.3) is 11.2 Å². The van der Waals surface area contributed by atoms with E-state index in [0.29, 0.717) is 17.6 Å². The summed E-state index contributed by atoms with van der Waals surface area (Å²) in [7, 11) is -0.492. The minimum absolute atomic E-state index is 0.0405. The van der Waals surface area contributed by atoms with Crippen LogP contribution >= 0.6 is 29.4 Å². The van der Waals surface area contributed by atoms with Crippen LogP contribution in [-0.2, 0) is 29.3 Å². The van der Waals surface area contributed by atoms with E-state index in [1.807, 2.05) is 18.2 Å². The van der Waals surface area contributed by atoms with E-state index in [4.69, 9.17) is 29.8 Å². The van der Waals surface area contributed by atoms with Crippen LogP contribution in [0, 0.1) is 0 Å². The molecule has 4 heterocycles. The van der Waals surface area contributed by atoms with Crippen molar-refractivity contribution < 1.29 is 28.0 Å². The summed E-state index contributed by atoms with van der Waals surface area (Å²) in [4.78, 5) is 13.5. The fourth-order valence-electron chi connectivity index (χ4n) is 4.30. The van der Waals surface area contributed by atoms with Gasteiger partial charge in [0.25, 0.3) is 0 Å². The number of benzene rings is 1. The Labute approximate surface area is 228 Å². The number of aromatic nitrogens is 4. The molecule has 5 N–H and O–H groups in total. The van der Waals surface area contributed by atoms with Gasteiger partial charge in [0.15, 0.2) is 17.7 Å². The monoisotopic (exact) mass is 582 g/mol. The number of rotatable bonds is 7. The zero-order chi connectivity index (χ0) is 27.3. The summed E-state index contributed by atoms with van der Waals surface area (Å²) in [5.41, 5.74) is 11.7. The summed E-state index contributed by atoms with van der Waals surface area (Å²) in [6.45, 7) is 8.03. The average molecular weight is 583 g/mol. The summed E-state index contributed by atoms with van der Waals surface area (Å²) in [6, 6.07) is 8.02. The summed E-state index contributed by atoms with van der Waals surface area (Å²) in [5, 5.41) is 11.5. The van der Waals surface area contributed by atoms with Crippen LogP contribution in [0.1, 0.15) is 39.5 Å². The molecule has 0 spiro atoms. The third-order valence-corrected chi connectivity index (χ3v) is 10.9. The number of hydrogen-bond acceptors (Lipinski definition) is 13. The molecular weight excluding hydrogens is 551 g/mol. The molecule has 2 aromatic heterocycles. The molecule has 0 amide bonds. The number of hydrogen-bond donors (Lipinski definition) is 3. The van der Waals surface area contributed by atoms with Gasteiger partial charge < -0.3 is 21.3 Å². The Morgan fingerprint density at radius 3 is 2.82 bits per heavy atom. The molecule has 15 heteroatoms. The second-order valence-electron chi connectivity index (χ2n) is 10.3. The van der Waals surface area contributed by atoms with Gasteiger partial charge in [-0.1, -0.05) is 60.6 Å². The zero-order valence-corrected chi connectivity index (χ0v) is 24.0. The lowest BCUT2D eigenvalue weighted by Crippen LogP contribution is -2.47. The molecule has 12 nitrogen and oxygen atoms in total. The Balaban J connectivity index is 1.27. The molecule has 2 saturated heterocycles. The first kappa shape index (κ1) is 27.7. The van der Waals surface area contributed by atoms with Crippen molar-refractivity contribution in [2.24, 2.45) is 0 Å². The molecule has 2 fully saturated rings. The predicted octanol–water partition coefficient (Wildman–Crippen LogP) is 3.96. The van der Waals surface area contributed by atoms with Gasteiger partial charge in [0.05, 0.1) is 19.5 Å². The SMILES string of the molecule is CC(C)(C)SSc1ccccc1CCOP1(=O)OC[C@H]2O[C@H](n3cnc4c(N)nc(N)nc43)[C@](C)(O)[C@@H]2O1. The standard InChI is InChI=1S/C23H31N6O6PS2/c1-22(2,3)38-37-15-8-6-5-7-13(15)9-10-32-36(31)33-11-14-17(35-36)23(4,30)20(34-14)29-12-26-16-18(24)27-21(25)28-19(16)29/h5-8,12,14,17,20,30H,9-11H2,1-4H3,(H4,24,25,27,28)/t14-,17-,20+,23-,36?/m1/s1. The van der Waals surface area contributed by atoms with Gasteiger partial charge in [-0.2, -0.15) is 9.97 Å². The van der Waals surface area contributed by atoms with Crippen LogP contribution in [-0.4, -0.2) is 60.4 Å². The molecular formula is C23H31N6O6PS2. The van der Waals surface area contributed by atoms with Crippen molar-refractivity contribution in [1.29, 1.82) is 0 Å². The van der Waals surface area contributed by atoms with Gasteiger partial charge in [0, 0.05) is 9.64 Å². The zero-order valence-electron chi connectivity index (χ0n) is 21.4. The number of phosphoric ester groups is 1. The maximum absolute atomic E-state index is 13.4. The first-order valence-corrected chi connectivity index (χ1v) is 15.6. The number of nitrogens with two attached hydrogens (primary N) is 2. The maximum atomic E-state index is 13.4. The molecule has 1 unspecified atom stereocenters. The van der Waals surface area contributed by atoms with E-state index in [-0.39, 0.29) is 29.7 Å². The number of fused-ring (bicyclic) bond motifs is 2. The largest absolute Gasteiger partial charge is 0.475 e. The number of nitrogen functional groups attached to an aromatic ring is 2. The minimum Gasteiger partial charge on any atom is -0.383 e. The van der Waals surface area contributed by atoms with Gasteiger partial charge in [0.2, 0.25) is 5.95 Å². The van der Waals surface area contributed by atoms with E-state index in [9.17, 15) is 9.67 Å². The third-order valence-electron chi connectivity index (χ3n) is 6.05. The molecule has 3 aromatic rings. The summed E-state index contributed by atoms with van der Waals surface area (Å²) in [5.74, 6) is 0.0667. The Bertz CT molecular complexity index is 1380. The van der Waals surface area contributed by atoms with Crippen LogP contribution in [0.4, 0.5) is 11.8 Å². The highest BCUT2D eigenvalue weighted by Crippen LogP contribution is 2.59. The number of nitrogens with zero attached hydrogens (tertiary/aromatic N) is 4. The second kappa shape index (κ2) is 10.3. The van der Waals surface area contributed by atoms with Crippen molar-refractivity contribution in [3.63, 3.8) is 0 Å². The van der Waals surface area contributed by atoms with Crippen LogP contribution in [0.2, 0.25) is 0 Å². The van der Waals surface area contributed by atoms with Crippen molar-refractivity contribution in [2.75, 3.05) is 24.7 Å². The van der Waals surface area contributed by atoms with E-state index < -0.39 is 31.9 Å². The first-order chi connectivity index (χ1) is 17.9. The highest BCUT2D eigenvalue weighted by molar-refractivity contribution is 8.77. The topological polar surface area (TPSA) is 170 Å². The highest BCUT2D eigenvalue weighted by atomic mass is 33.1. The van der Waals surface area contributed by atoms with Crippen LogP contribution < -0.4 is 11.5 Å². The van der Waals surface area contributed by atoms with Crippen LogP contribution in [0.3, 0.4) is 0 Å². The van der Waals surface area contributed by atoms with Gasteiger partial charge >= 0.3 is 7.82 Å². The fourth-order valence-corrected chi connectivity index (χ4v) is 8.02. The normalized spacial score (nSPS) is 29.6. The Morgan fingerprint density at radius 1 is 1.29 bits per heavy atom. The maximum Gasteiger partial charge on any atom is 0.475 e. The summed E-state index contributed by atoms with van der Waals surface area (Å²) >= 11 is 0. The van der Waals surface area contributed by atoms with E-state index in [2.05, 4.69) is 41.8 Å². The Hall–Kier alpha value is -1.90. The summed E-state index contributed by atoms with van der Waals surface area (Å²) < 4.78 is 38.0. The molecule has 206 valence electrons. The quantitative estimate of drug-likeness (QED) is 0.270. The molecule has 2 aliphatic heterocycles. The smallest absolute Gasteiger partial charge is 0.383 e. The van der Waals surface area contributed by atoms with E-state index in [1.165, 1.54) is 17.8 Å². The van der Waals surface area contributed by atoms with E-state index in [1.54, 1.807) is 21.6 Å². The first-order valence-electron chi connectivity index (χ1n) is 12.0. The van der Waals surface area contributed by atoms with E-state index in [0.717, 1.165) is 10.5 Å². The lowest BCUT2D eigenvalue weighted by Gasteiger charge is -2.35. The number of ether oxygens (including phenoxy) is 1. The van der Waals surface area contributed by atoms with Crippen LogP contribution in [0.5, 0.6) is 0 Å². The van der Waals surface area contributed by atoms with Crippen molar-refractivity contribution in [2.45, 2.75) is 67.8 Å². The Kier molecular flexibility index (Phi) is 7.46. The second-order valence-corrected chi connectivity index (χ2v) is 14.9. The highest BCUT2D eigenvalue weighted by Gasteiger charge is 2.60. The lowest BCUT2D eigenvalue weighted by molar-refractivity contribution is -0.0909. The van der Waals surface area contributed by atoms with Crippen molar-refractivity contribution in [3.05, 3.63) is 36.2 Å². The van der Waals surface area contributed by atoms with Crippen molar-refractivity contribution in [1.82, 2.24) is 19.5 Å². The molecule has 38 heavy (non-hydrogen) atoms. The molecule has 1 aromatic carbocycles.